The molecule has 2 aromatic rings. The summed E-state index contributed by atoms with van der Waals surface area (Å²) in [6.45, 7) is 4.34. The van der Waals surface area contributed by atoms with Crippen molar-refractivity contribution in [3.8, 4) is 10.6 Å². The zero-order valence-corrected chi connectivity index (χ0v) is 15.5. The lowest BCUT2D eigenvalue weighted by atomic mass is 9.95. The van der Waals surface area contributed by atoms with Crippen molar-refractivity contribution < 1.29 is 13.6 Å². The highest BCUT2D eigenvalue weighted by atomic mass is 32.2. The largest absolute Gasteiger partial charge is 0.315 e. The summed E-state index contributed by atoms with van der Waals surface area (Å²) in [5.74, 6) is -2.86. The van der Waals surface area contributed by atoms with E-state index in [1.165, 1.54) is 11.8 Å². The van der Waals surface area contributed by atoms with Crippen molar-refractivity contribution >= 4 is 34.0 Å². The highest BCUT2D eigenvalue weighted by Gasteiger charge is 2.35. The van der Waals surface area contributed by atoms with Crippen molar-refractivity contribution in [1.82, 2.24) is 9.97 Å². The summed E-state index contributed by atoms with van der Waals surface area (Å²) in [5.41, 5.74) is -0.449. The highest BCUT2D eigenvalue weighted by Crippen LogP contribution is 2.40. The third kappa shape index (κ3) is 4.30. The first-order valence-corrected chi connectivity index (χ1v) is 9.46. The van der Waals surface area contributed by atoms with Crippen LogP contribution in [0.3, 0.4) is 0 Å². The van der Waals surface area contributed by atoms with Crippen molar-refractivity contribution in [2.24, 2.45) is 5.41 Å². The molecule has 2 aromatic heterocycles. The van der Waals surface area contributed by atoms with Crippen LogP contribution < -0.4 is 5.32 Å². The third-order valence-corrected chi connectivity index (χ3v) is 5.33. The quantitative estimate of drug-likeness (QED) is 0.803. The lowest BCUT2D eigenvalue weighted by molar-refractivity contribution is -0.122. The molecule has 1 amide bonds. The van der Waals surface area contributed by atoms with Crippen molar-refractivity contribution in [2.75, 3.05) is 17.3 Å². The van der Waals surface area contributed by atoms with Gasteiger partial charge in [0.15, 0.2) is 0 Å². The number of carbonyl (C=O) groups is 1. The molecule has 4 nitrogen and oxygen atoms in total. The van der Waals surface area contributed by atoms with Gasteiger partial charge in [0.1, 0.15) is 15.7 Å². The monoisotopic (exact) mass is 371 g/mol. The fraction of sp³-hybridized carbons (Fsp3) is 0.438. The molecule has 2 heterocycles. The first-order valence-electron chi connectivity index (χ1n) is 7.25. The van der Waals surface area contributed by atoms with Gasteiger partial charge in [0.2, 0.25) is 5.91 Å². The average molecular weight is 371 g/mol. The summed E-state index contributed by atoms with van der Waals surface area (Å²) >= 11 is 2.56. The molecule has 0 unspecified atom stereocenters. The Balaban J connectivity index is 2.38. The predicted octanol–water partition coefficient (Wildman–Crippen LogP) is 4.64. The van der Waals surface area contributed by atoms with Crippen LogP contribution in [0.2, 0.25) is 0 Å². The molecule has 0 aliphatic rings. The minimum Gasteiger partial charge on any atom is -0.315 e. The van der Waals surface area contributed by atoms with Crippen molar-refractivity contribution in [3.05, 3.63) is 30.2 Å². The minimum atomic E-state index is -3.15. The number of aromatic nitrogens is 2. The number of pyridine rings is 1. The molecule has 0 aromatic carbocycles. The van der Waals surface area contributed by atoms with E-state index in [4.69, 9.17) is 0 Å². The highest BCUT2D eigenvalue weighted by molar-refractivity contribution is 7.98. The van der Waals surface area contributed by atoms with Gasteiger partial charge in [0, 0.05) is 30.6 Å². The first kappa shape index (κ1) is 18.8. The number of nitrogens with zero attached hydrogens (tertiary/aromatic N) is 2. The van der Waals surface area contributed by atoms with E-state index in [0.29, 0.717) is 16.3 Å². The van der Waals surface area contributed by atoms with Gasteiger partial charge in [-0.3, -0.25) is 9.78 Å². The molecule has 130 valence electrons. The zero-order valence-electron chi connectivity index (χ0n) is 13.9. The molecular formula is C16H19F2N3OS2. The van der Waals surface area contributed by atoms with Crippen LogP contribution in [0.5, 0.6) is 0 Å². The summed E-state index contributed by atoms with van der Waals surface area (Å²) in [5, 5.41) is 3.12. The van der Waals surface area contributed by atoms with Crippen molar-refractivity contribution in [3.63, 3.8) is 0 Å². The summed E-state index contributed by atoms with van der Waals surface area (Å²) in [6, 6.07) is 3.45. The molecule has 0 radical (unpaired) electrons. The number of rotatable bonds is 6. The molecule has 0 aliphatic carbocycles. The summed E-state index contributed by atoms with van der Waals surface area (Å²) < 4.78 is 27.8. The maximum absolute atomic E-state index is 13.9. The summed E-state index contributed by atoms with van der Waals surface area (Å²) in [6.07, 6.45) is 5.05. The second-order valence-electron chi connectivity index (χ2n) is 6.10. The van der Waals surface area contributed by atoms with Gasteiger partial charge in [-0.25, -0.2) is 4.98 Å². The van der Waals surface area contributed by atoms with Crippen LogP contribution in [-0.4, -0.2) is 27.9 Å². The van der Waals surface area contributed by atoms with Crippen molar-refractivity contribution in [1.29, 1.82) is 0 Å². The molecule has 8 heteroatoms. The molecule has 1 N–H and O–H groups in total. The van der Waals surface area contributed by atoms with E-state index in [1.807, 2.05) is 6.26 Å². The van der Waals surface area contributed by atoms with E-state index < -0.39 is 17.0 Å². The Labute approximate surface area is 148 Å². The van der Waals surface area contributed by atoms with Crippen LogP contribution in [0.4, 0.5) is 13.8 Å². The Kier molecular flexibility index (Phi) is 5.59. The first-order chi connectivity index (χ1) is 11.1. The van der Waals surface area contributed by atoms with Crippen LogP contribution in [-0.2, 0) is 10.7 Å². The zero-order chi connectivity index (χ0) is 18.0. The topological polar surface area (TPSA) is 54.9 Å². The summed E-state index contributed by atoms with van der Waals surface area (Å²) in [7, 11) is 0. The molecule has 0 fully saturated rings. The van der Waals surface area contributed by atoms with E-state index in [9.17, 15) is 13.6 Å². The van der Waals surface area contributed by atoms with Gasteiger partial charge < -0.3 is 5.32 Å². The number of hydrogen-bond donors (Lipinski definition) is 1. The van der Waals surface area contributed by atoms with Gasteiger partial charge in [-0.05, 0) is 18.4 Å². The lowest BCUT2D eigenvalue weighted by Gasteiger charge is -2.22. The van der Waals surface area contributed by atoms with E-state index in [2.05, 4.69) is 15.3 Å². The van der Waals surface area contributed by atoms with E-state index in [1.54, 1.807) is 38.4 Å². The Morgan fingerprint density at radius 3 is 2.62 bits per heavy atom. The number of alkyl halides is 2. The van der Waals surface area contributed by atoms with Crippen LogP contribution in [0.15, 0.2) is 24.5 Å². The van der Waals surface area contributed by atoms with Crippen LogP contribution in [0, 0.1) is 5.41 Å². The number of amides is 1. The van der Waals surface area contributed by atoms with E-state index in [-0.39, 0.29) is 10.9 Å². The van der Waals surface area contributed by atoms with Gasteiger partial charge in [-0.15, -0.1) is 0 Å². The second-order valence-corrected chi connectivity index (χ2v) is 7.96. The Hall–Kier alpha value is -1.54. The molecule has 24 heavy (non-hydrogen) atoms. The minimum absolute atomic E-state index is 0.0838. The molecule has 0 aliphatic heterocycles. The fourth-order valence-electron chi connectivity index (χ4n) is 2.01. The smallest absolute Gasteiger partial charge is 0.289 e. The Morgan fingerprint density at radius 1 is 1.38 bits per heavy atom. The summed E-state index contributed by atoms with van der Waals surface area (Å²) in [4.78, 5) is 20.5. The molecule has 0 atom stereocenters. The number of hydrogen-bond acceptors (Lipinski definition) is 5. The van der Waals surface area contributed by atoms with E-state index in [0.717, 1.165) is 18.3 Å². The Morgan fingerprint density at radius 2 is 2.08 bits per heavy atom. The molecular weight excluding hydrogens is 352 g/mol. The van der Waals surface area contributed by atoms with Gasteiger partial charge in [0.05, 0.1) is 5.41 Å². The van der Waals surface area contributed by atoms with Gasteiger partial charge in [-0.2, -0.15) is 20.5 Å². The Bertz CT molecular complexity index is 712. The van der Waals surface area contributed by atoms with Crippen LogP contribution in [0.25, 0.3) is 10.6 Å². The van der Waals surface area contributed by atoms with Gasteiger partial charge in [-0.1, -0.05) is 25.2 Å². The third-order valence-electron chi connectivity index (χ3n) is 3.30. The van der Waals surface area contributed by atoms with Crippen LogP contribution in [0.1, 0.15) is 26.5 Å². The van der Waals surface area contributed by atoms with Crippen LogP contribution >= 0.6 is 23.1 Å². The normalized spacial score (nSPS) is 12.2. The van der Waals surface area contributed by atoms with E-state index >= 15 is 0 Å². The maximum Gasteiger partial charge on any atom is 0.289 e. The molecule has 0 saturated carbocycles. The lowest BCUT2D eigenvalue weighted by Crippen LogP contribution is -2.33. The number of halogens is 2. The second kappa shape index (κ2) is 7.14. The number of nitrogens with one attached hydrogen (secondary N) is 1. The average Bonchev–Trinajstić information content (AvgIpc) is 2.92. The molecule has 0 saturated heterocycles. The SMILES string of the molecule is CSCC(C)(C)C(=O)Nc1sc(-c2cccnc2)nc1C(C)(F)F. The maximum atomic E-state index is 13.9. The number of carbonyl (C=O) groups excluding carboxylic acids is 1. The number of anilines is 1. The molecule has 0 spiro atoms. The fourth-order valence-corrected chi connectivity index (χ4v) is 3.90. The predicted molar refractivity (Wildman–Crippen MR) is 95.7 cm³/mol. The van der Waals surface area contributed by atoms with Crippen molar-refractivity contribution in [2.45, 2.75) is 26.7 Å². The van der Waals surface area contributed by atoms with Gasteiger partial charge in [0.25, 0.3) is 5.92 Å². The standard InChI is InChI=1S/C16H19F2N3OS2/c1-15(2,9-23-4)14(22)21-13-11(16(3,17)18)20-12(24-13)10-6-5-7-19-8-10/h5-8H,9H2,1-4H3,(H,21,22). The molecule has 0 bridgehead atoms. The number of thioether (sulfide) groups is 1. The molecule has 2 rings (SSSR count). The van der Waals surface area contributed by atoms with Gasteiger partial charge >= 0.3 is 0 Å². The number of thiazole rings is 1.